The van der Waals surface area contributed by atoms with E-state index in [0.29, 0.717) is 26.4 Å². The molecule has 0 aromatic carbocycles. The maximum absolute atomic E-state index is 5.69. The largest absolute Gasteiger partial charge is 0.373 e. The normalized spacial score (nSPS) is 13.4. The van der Waals surface area contributed by atoms with Gasteiger partial charge in [0.25, 0.3) is 0 Å². The minimum atomic E-state index is 0.630. The Balaban J connectivity index is 3.83. The highest BCUT2D eigenvalue weighted by Gasteiger charge is 1.94. The van der Waals surface area contributed by atoms with Crippen molar-refractivity contribution in [2.45, 2.75) is 107 Å². The molecule has 36 heavy (non-hydrogen) atoms. The van der Waals surface area contributed by atoms with Crippen LogP contribution in [-0.4, -0.2) is 26.4 Å². The molecule has 0 fully saturated rings. The fraction of sp³-hybridized carbons (Fsp3) is 0.588. The lowest BCUT2D eigenvalue weighted by atomic mass is 10.1. The molecule has 0 rings (SSSR count). The Morgan fingerprint density at radius 2 is 0.694 bits per heavy atom. The second-order valence-electron chi connectivity index (χ2n) is 10.5. The maximum atomic E-state index is 5.69. The van der Waals surface area contributed by atoms with Gasteiger partial charge in [0.1, 0.15) is 0 Å². The van der Waals surface area contributed by atoms with E-state index in [0.717, 1.165) is 51.4 Å². The van der Waals surface area contributed by atoms with E-state index in [4.69, 9.17) is 9.47 Å². The van der Waals surface area contributed by atoms with Crippen LogP contribution in [0.1, 0.15) is 107 Å². The van der Waals surface area contributed by atoms with Crippen LogP contribution in [0.15, 0.2) is 82.0 Å². The van der Waals surface area contributed by atoms with E-state index in [1.165, 1.54) is 33.4 Å². The third kappa shape index (κ3) is 25.2. The lowest BCUT2D eigenvalue weighted by Gasteiger charge is -2.03. The molecule has 0 aromatic heterocycles. The monoisotopic (exact) mass is 496 g/mol. The highest BCUT2D eigenvalue weighted by Crippen LogP contribution is 2.12. The zero-order valence-corrected chi connectivity index (χ0v) is 24.9. The summed E-state index contributed by atoms with van der Waals surface area (Å²) in [6.45, 7) is 20.1. The molecule has 2 nitrogen and oxygen atoms in total. The summed E-state index contributed by atoms with van der Waals surface area (Å²) < 4.78 is 11.4. The summed E-state index contributed by atoms with van der Waals surface area (Å²) in [6.07, 6.45) is 26.9. The average Bonchev–Trinajstić information content (AvgIpc) is 2.79. The first kappa shape index (κ1) is 34.1. The van der Waals surface area contributed by atoms with Crippen molar-refractivity contribution in [1.82, 2.24) is 0 Å². The summed E-state index contributed by atoms with van der Waals surface area (Å²) in [5.41, 5.74) is 8.58. The van der Waals surface area contributed by atoms with Crippen molar-refractivity contribution in [1.29, 1.82) is 0 Å². The van der Waals surface area contributed by atoms with E-state index < -0.39 is 0 Å². The Hall–Kier alpha value is -1.90. The average molecular weight is 497 g/mol. The molecule has 0 aliphatic heterocycles. The predicted octanol–water partition coefficient (Wildman–Crippen LogP) is 10.4. The van der Waals surface area contributed by atoms with Crippen LogP contribution >= 0.6 is 0 Å². The molecule has 0 unspecified atom stereocenters. The summed E-state index contributed by atoms with van der Waals surface area (Å²) in [5.74, 6) is 0. The molecule has 0 atom stereocenters. The molecule has 0 bridgehead atoms. The van der Waals surface area contributed by atoms with Gasteiger partial charge in [-0.15, -0.1) is 0 Å². The molecule has 0 heterocycles. The number of hydrogen-bond acceptors (Lipinski definition) is 2. The van der Waals surface area contributed by atoms with Gasteiger partial charge in [0.05, 0.1) is 26.4 Å². The van der Waals surface area contributed by atoms with Gasteiger partial charge >= 0.3 is 0 Å². The van der Waals surface area contributed by atoms with Crippen LogP contribution in [0.5, 0.6) is 0 Å². The lowest BCUT2D eigenvalue weighted by molar-refractivity contribution is 0.184. The van der Waals surface area contributed by atoms with Crippen LogP contribution in [0.3, 0.4) is 0 Å². The molecular weight excluding hydrogens is 440 g/mol. The van der Waals surface area contributed by atoms with E-state index in [1.807, 2.05) is 12.2 Å². The van der Waals surface area contributed by atoms with Gasteiger partial charge < -0.3 is 9.47 Å². The van der Waals surface area contributed by atoms with Gasteiger partial charge in [-0.1, -0.05) is 82.0 Å². The Kier molecular flexibility index (Phi) is 22.3. The third-order valence-electron chi connectivity index (χ3n) is 5.94. The lowest BCUT2D eigenvalue weighted by Crippen LogP contribution is -1.95. The zero-order chi connectivity index (χ0) is 27.0. The van der Waals surface area contributed by atoms with Crippen molar-refractivity contribution in [3.05, 3.63) is 82.0 Å². The fourth-order valence-corrected chi connectivity index (χ4v) is 3.49. The van der Waals surface area contributed by atoms with Crippen LogP contribution in [0.4, 0.5) is 0 Å². The van der Waals surface area contributed by atoms with Gasteiger partial charge in [-0.05, 0) is 107 Å². The van der Waals surface area contributed by atoms with Crippen LogP contribution in [0.2, 0.25) is 0 Å². The molecular formula is C34H56O2. The van der Waals surface area contributed by atoms with Crippen molar-refractivity contribution in [2.24, 2.45) is 0 Å². The van der Waals surface area contributed by atoms with E-state index in [2.05, 4.69) is 91.8 Å². The summed E-state index contributed by atoms with van der Waals surface area (Å²) in [4.78, 5) is 0. The molecule has 0 saturated carbocycles. The van der Waals surface area contributed by atoms with Gasteiger partial charge in [0.15, 0.2) is 0 Å². The Labute approximate surface area is 224 Å². The first-order valence-electron chi connectivity index (χ1n) is 13.9. The summed E-state index contributed by atoms with van der Waals surface area (Å²) >= 11 is 0. The van der Waals surface area contributed by atoms with Gasteiger partial charge in [-0.2, -0.15) is 0 Å². The number of allylic oxidation sites excluding steroid dienone is 10. The topological polar surface area (TPSA) is 18.5 Å². The van der Waals surface area contributed by atoms with Crippen molar-refractivity contribution in [3.63, 3.8) is 0 Å². The molecule has 204 valence electrons. The summed E-state index contributed by atoms with van der Waals surface area (Å²) in [7, 11) is 0. The number of rotatable bonds is 20. The molecule has 0 spiro atoms. The SMILES string of the molecule is CC(C)=CCC/C(C)=C/CC/C(C)=C/COC/C=C/COC/C=C(\C)CC/C=C(\C)CCC=C(C)C. The van der Waals surface area contributed by atoms with Crippen LogP contribution in [0.25, 0.3) is 0 Å². The van der Waals surface area contributed by atoms with Crippen LogP contribution in [-0.2, 0) is 9.47 Å². The minimum Gasteiger partial charge on any atom is -0.373 e. The number of ether oxygens (including phenoxy) is 2. The van der Waals surface area contributed by atoms with Gasteiger partial charge in [-0.3, -0.25) is 0 Å². The zero-order valence-electron chi connectivity index (χ0n) is 24.9. The fourth-order valence-electron chi connectivity index (χ4n) is 3.49. The first-order valence-corrected chi connectivity index (χ1v) is 13.9. The van der Waals surface area contributed by atoms with E-state index in [1.54, 1.807) is 0 Å². The second-order valence-corrected chi connectivity index (χ2v) is 10.5. The van der Waals surface area contributed by atoms with Gasteiger partial charge in [-0.25, -0.2) is 0 Å². The molecule has 0 N–H and O–H groups in total. The molecule has 0 aromatic rings. The van der Waals surface area contributed by atoms with Crippen molar-refractivity contribution < 1.29 is 9.47 Å². The Bertz CT molecular complexity index is 710. The van der Waals surface area contributed by atoms with E-state index in [9.17, 15) is 0 Å². The quantitative estimate of drug-likeness (QED) is 0.123. The van der Waals surface area contributed by atoms with Crippen molar-refractivity contribution >= 4 is 0 Å². The third-order valence-corrected chi connectivity index (χ3v) is 5.94. The van der Waals surface area contributed by atoms with Crippen molar-refractivity contribution in [2.75, 3.05) is 26.4 Å². The Morgan fingerprint density at radius 1 is 0.389 bits per heavy atom. The molecule has 2 heteroatoms. The van der Waals surface area contributed by atoms with E-state index in [-0.39, 0.29) is 0 Å². The predicted molar refractivity (Wildman–Crippen MR) is 162 cm³/mol. The van der Waals surface area contributed by atoms with Gasteiger partial charge in [0.2, 0.25) is 0 Å². The molecule has 0 aliphatic rings. The number of hydrogen-bond donors (Lipinski definition) is 0. The highest BCUT2D eigenvalue weighted by molar-refractivity contribution is 5.06. The molecule has 0 saturated heterocycles. The molecule has 0 radical (unpaired) electrons. The highest BCUT2D eigenvalue weighted by atomic mass is 16.5. The van der Waals surface area contributed by atoms with Gasteiger partial charge in [0, 0.05) is 0 Å². The minimum absolute atomic E-state index is 0.630. The smallest absolute Gasteiger partial charge is 0.0654 e. The molecule has 0 aliphatic carbocycles. The maximum Gasteiger partial charge on any atom is 0.0654 e. The van der Waals surface area contributed by atoms with Crippen LogP contribution in [0, 0.1) is 0 Å². The second kappa shape index (κ2) is 23.5. The van der Waals surface area contributed by atoms with Crippen LogP contribution < -0.4 is 0 Å². The summed E-state index contributed by atoms with van der Waals surface area (Å²) in [5, 5.41) is 0. The Morgan fingerprint density at radius 3 is 1.03 bits per heavy atom. The molecule has 0 amide bonds. The summed E-state index contributed by atoms with van der Waals surface area (Å²) in [6, 6.07) is 0. The van der Waals surface area contributed by atoms with E-state index >= 15 is 0 Å². The standard InChI is InChI=1S/C34H56O2/c1-29(2)15-11-17-31(5)19-13-21-33(7)23-27-35-25-9-10-26-36-28-24-34(8)22-14-20-32(6)18-12-16-30(3)4/h9-10,15-16,19-20,23-24H,11-14,17-18,21-22,25-28H2,1-8H3/b10-9+,31-19+,32-20+,33-23+,34-24+. The van der Waals surface area contributed by atoms with Crippen molar-refractivity contribution in [3.8, 4) is 0 Å². The first-order chi connectivity index (χ1) is 17.2.